The fourth-order valence-corrected chi connectivity index (χ4v) is 1.72. The normalized spacial score (nSPS) is 12.2. The molecule has 0 aliphatic carbocycles. The second-order valence-electron chi connectivity index (χ2n) is 5.06. The third kappa shape index (κ3) is 10.3. The van der Waals surface area contributed by atoms with Crippen molar-refractivity contribution >= 4 is 11.9 Å². The fourth-order valence-electron chi connectivity index (χ4n) is 1.72. The molecular formula is C15H28O3. The molecule has 1 unspecified atom stereocenters. The molecule has 0 radical (unpaired) electrons. The molecule has 3 heteroatoms. The number of carbonyl (C=O) groups excluding carboxylic acids is 2. The SMILES string of the molecule is CCCCCCC(=O)OC(=O)CCCC(C)CC. The first-order valence-electron chi connectivity index (χ1n) is 7.33. The van der Waals surface area contributed by atoms with E-state index in [2.05, 4.69) is 20.8 Å². The number of carbonyl (C=O) groups is 2. The van der Waals surface area contributed by atoms with Crippen LogP contribution in [0, 0.1) is 5.92 Å². The molecule has 0 aromatic heterocycles. The van der Waals surface area contributed by atoms with E-state index in [1.165, 1.54) is 0 Å². The maximum absolute atomic E-state index is 11.4. The summed E-state index contributed by atoms with van der Waals surface area (Å²) in [6.07, 6.45) is 7.85. The van der Waals surface area contributed by atoms with E-state index in [4.69, 9.17) is 4.74 Å². The van der Waals surface area contributed by atoms with Crippen LogP contribution in [0.2, 0.25) is 0 Å². The summed E-state index contributed by atoms with van der Waals surface area (Å²) in [4.78, 5) is 22.7. The lowest BCUT2D eigenvalue weighted by Gasteiger charge is -2.07. The zero-order valence-corrected chi connectivity index (χ0v) is 12.2. The Kier molecular flexibility index (Phi) is 10.7. The van der Waals surface area contributed by atoms with E-state index in [0.29, 0.717) is 18.8 Å². The molecule has 0 saturated heterocycles. The van der Waals surface area contributed by atoms with Gasteiger partial charge in [0.1, 0.15) is 0 Å². The van der Waals surface area contributed by atoms with E-state index in [-0.39, 0.29) is 11.9 Å². The fraction of sp³-hybridized carbons (Fsp3) is 0.867. The third-order valence-corrected chi connectivity index (χ3v) is 3.24. The monoisotopic (exact) mass is 256 g/mol. The molecule has 1 atom stereocenters. The molecule has 0 aliphatic rings. The number of hydrogen-bond acceptors (Lipinski definition) is 3. The topological polar surface area (TPSA) is 43.4 Å². The quantitative estimate of drug-likeness (QED) is 0.333. The second-order valence-corrected chi connectivity index (χ2v) is 5.06. The molecule has 0 aliphatic heterocycles. The van der Waals surface area contributed by atoms with Crippen molar-refractivity contribution < 1.29 is 14.3 Å². The first-order valence-corrected chi connectivity index (χ1v) is 7.33. The molecule has 0 bridgehead atoms. The van der Waals surface area contributed by atoms with Crippen LogP contribution in [0.5, 0.6) is 0 Å². The van der Waals surface area contributed by atoms with Gasteiger partial charge in [-0.05, 0) is 18.8 Å². The summed E-state index contributed by atoms with van der Waals surface area (Å²) in [5, 5.41) is 0. The van der Waals surface area contributed by atoms with Gasteiger partial charge in [-0.2, -0.15) is 0 Å². The standard InChI is InChI=1S/C15H28O3/c1-4-6-7-8-11-14(16)18-15(17)12-9-10-13(3)5-2/h13H,4-12H2,1-3H3. The second kappa shape index (κ2) is 11.2. The van der Waals surface area contributed by atoms with Gasteiger partial charge in [0, 0.05) is 12.8 Å². The van der Waals surface area contributed by atoms with Crippen molar-refractivity contribution in [3.05, 3.63) is 0 Å². The maximum atomic E-state index is 11.4. The molecule has 0 rings (SSSR count). The van der Waals surface area contributed by atoms with Gasteiger partial charge in [0.25, 0.3) is 0 Å². The average Bonchev–Trinajstić information content (AvgIpc) is 2.34. The summed E-state index contributed by atoms with van der Waals surface area (Å²) in [5.41, 5.74) is 0. The highest BCUT2D eigenvalue weighted by molar-refractivity contribution is 5.85. The molecule has 0 saturated carbocycles. The summed E-state index contributed by atoms with van der Waals surface area (Å²) in [6, 6.07) is 0. The summed E-state index contributed by atoms with van der Waals surface area (Å²) in [6.45, 7) is 6.44. The van der Waals surface area contributed by atoms with Crippen molar-refractivity contribution in [3.8, 4) is 0 Å². The molecule has 0 heterocycles. The Labute approximate surface area is 111 Å². The summed E-state index contributed by atoms with van der Waals surface area (Å²) in [5.74, 6) is -0.0824. The highest BCUT2D eigenvalue weighted by Crippen LogP contribution is 2.11. The number of unbranched alkanes of at least 4 members (excludes halogenated alkanes) is 3. The van der Waals surface area contributed by atoms with Gasteiger partial charge in [-0.25, -0.2) is 0 Å². The maximum Gasteiger partial charge on any atom is 0.313 e. The van der Waals surface area contributed by atoms with Gasteiger partial charge in [0.15, 0.2) is 0 Å². The van der Waals surface area contributed by atoms with Gasteiger partial charge in [0.05, 0.1) is 0 Å². The van der Waals surface area contributed by atoms with Gasteiger partial charge in [-0.1, -0.05) is 52.9 Å². The van der Waals surface area contributed by atoms with E-state index in [0.717, 1.165) is 44.9 Å². The van der Waals surface area contributed by atoms with E-state index in [1.54, 1.807) is 0 Å². The van der Waals surface area contributed by atoms with Crippen molar-refractivity contribution in [2.75, 3.05) is 0 Å². The Bertz CT molecular complexity index is 236. The van der Waals surface area contributed by atoms with Crippen LogP contribution in [0.25, 0.3) is 0 Å². The van der Waals surface area contributed by atoms with Crippen LogP contribution in [0.1, 0.15) is 78.6 Å². The van der Waals surface area contributed by atoms with Crippen LogP contribution in [0.15, 0.2) is 0 Å². The summed E-state index contributed by atoms with van der Waals surface area (Å²) < 4.78 is 4.77. The Balaban J connectivity index is 3.52. The average molecular weight is 256 g/mol. The Hall–Kier alpha value is -0.860. The molecular weight excluding hydrogens is 228 g/mol. The predicted octanol–water partition coefficient (Wildman–Crippen LogP) is 4.24. The van der Waals surface area contributed by atoms with E-state index in [1.807, 2.05) is 0 Å². The zero-order chi connectivity index (χ0) is 13.8. The van der Waals surface area contributed by atoms with Crippen molar-refractivity contribution in [1.29, 1.82) is 0 Å². The highest BCUT2D eigenvalue weighted by atomic mass is 16.6. The van der Waals surface area contributed by atoms with Gasteiger partial charge in [-0.3, -0.25) is 9.59 Å². The lowest BCUT2D eigenvalue weighted by Crippen LogP contribution is -2.12. The van der Waals surface area contributed by atoms with Gasteiger partial charge >= 0.3 is 11.9 Å². The molecule has 106 valence electrons. The molecule has 0 spiro atoms. The van der Waals surface area contributed by atoms with E-state index >= 15 is 0 Å². The Morgan fingerprint density at radius 1 is 0.944 bits per heavy atom. The van der Waals surface area contributed by atoms with Crippen LogP contribution in [-0.4, -0.2) is 11.9 Å². The molecule has 0 fully saturated rings. The lowest BCUT2D eigenvalue weighted by atomic mass is 10.0. The number of esters is 2. The van der Waals surface area contributed by atoms with Gasteiger partial charge < -0.3 is 4.74 Å². The van der Waals surface area contributed by atoms with Crippen molar-refractivity contribution in [1.82, 2.24) is 0 Å². The molecule has 0 N–H and O–H groups in total. The smallest absolute Gasteiger partial charge is 0.313 e. The summed E-state index contributed by atoms with van der Waals surface area (Å²) in [7, 11) is 0. The van der Waals surface area contributed by atoms with Crippen LogP contribution in [-0.2, 0) is 14.3 Å². The minimum atomic E-state index is -0.362. The number of ether oxygens (including phenoxy) is 1. The van der Waals surface area contributed by atoms with Crippen molar-refractivity contribution in [2.24, 2.45) is 5.92 Å². The van der Waals surface area contributed by atoms with Crippen LogP contribution in [0.3, 0.4) is 0 Å². The molecule has 0 amide bonds. The van der Waals surface area contributed by atoms with Gasteiger partial charge in [0.2, 0.25) is 0 Å². The third-order valence-electron chi connectivity index (χ3n) is 3.24. The molecule has 3 nitrogen and oxygen atoms in total. The Morgan fingerprint density at radius 2 is 1.56 bits per heavy atom. The highest BCUT2D eigenvalue weighted by Gasteiger charge is 2.10. The van der Waals surface area contributed by atoms with Crippen LogP contribution in [0.4, 0.5) is 0 Å². The summed E-state index contributed by atoms with van der Waals surface area (Å²) >= 11 is 0. The largest absolute Gasteiger partial charge is 0.393 e. The minimum absolute atomic E-state index is 0.361. The number of rotatable bonds is 10. The number of hydrogen-bond donors (Lipinski definition) is 0. The minimum Gasteiger partial charge on any atom is -0.393 e. The van der Waals surface area contributed by atoms with Crippen molar-refractivity contribution in [3.63, 3.8) is 0 Å². The first-order chi connectivity index (χ1) is 8.60. The zero-order valence-electron chi connectivity index (χ0n) is 12.2. The van der Waals surface area contributed by atoms with E-state index in [9.17, 15) is 9.59 Å². The van der Waals surface area contributed by atoms with Crippen molar-refractivity contribution in [2.45, 2.75) is 78.6 Å². The predicted molar refractivity (Wildman–Crippen MR) is 73.2 cm³/mol. The molecule has 18 heavy (non-hydrogen) atoms. The van der Waals surface area contributed by atoms with Crippen LogP contribution < -0.4 is 0 Å². The van der Waals surface area contributed by atoms with E-state index < -0.39 is 0 Å². The first kappa shape index (κ1) is 17.1. The molecule has 0 aromatic carbocycles. The molecule has 0 aromatic rings. The van der Waals surface area contributed by atoms with Crippen LogP contribution >= 0.6 is 0 Å². The lowest BCUT2D eigenvalue weighted by molar-refractivity contribution is -0.159. The Morgan fingerprint density at radius 3 is 2.11 bits per heavy atom. The van der Waals surface area contributed by atoms with Gasteiger partial charge in [-0.15, -0.1) is 0 Å².